The van der Waals surface area contributed by atoms with Gasteiger partial charge >= 0.3 is 0 Å². The Morgan fingerprint density at radius 3 is 2.41 bits per heavy atom. The van der Waals surface area contributed by atoms with Crippen LogP contribution >= 0.6 is 0 Å². The number of aliphatic hydroxyl groups is 1. The van der Waals surface area contributed by atoms with E-state index in [2.05, 4.69) is 5.18 Å². The Morgan fingerprint density at radius 2 is 1.85 bits per heavy atom. The number of nitrogens with zero attached hydrogens (tertiary/aromatic N) is 2. The second-order valence-electron chi connectivity index (χ2n) is 9.60. The van der Waals surface area contributed by atoms with E-state index in [4.69, 9.17) is 5.73 Å². The first-order chi connectivity index (χ1) is 15.9. The van der Waals surface area contributed by atoms with E-state index in [0.29, 0.717) is 11.1 Å². The Hall–Kier alpha value is -3.31. The topological polar surface area (TPSA) is 184 Å². The molecule has 2 fully saturated rings. The first kappa shape index (κ1) is 23.8. The lowest BCUT2D eigenvalue weighted by molar-refractivity contribution is -0.181. The highest BCUT2D eigenvalue weighted by atomic mass is 16.3. The van der Waals surface area contributed by atoms with Crippen LogP contribution in [0.25, 0.3) is 0 Å². The molecule has 0 aromatic heterocycles. The summed E-state index contributed by atoms with van der Waals surface area (Å²) in [6.07, 6.45) is 0.0390. The number of hydrogen-bond donors (Lipinski definition) is 3. The molecule has 3 aliphatic rings. The van der Waals surface area contributed by atoms with Crippen LogP contribution in [0.15, 0.2) is 17.3 Å². The van der Waals surface area contributed by atoms with Crippen LogP contribution in [0.4, 0.5) is 0 Å². The number of Topliss-reactive ketones (excluding diaryl/α,β-unsaturated/α-hetero) is 4. The molecule has 7 atom stereocenters. The summed E-state index contributed by atoms with van der Waals surface area (Å²) >= 11 is 0. The number of phenolic OH excluding ortho intramolecular Hbond substituents is 1. The van der Waals surface area contributed by atoms with E-state index in [9.17, 15) is 39.1 Å². The zero-order valence-electron chi connectivity index (χ0n) is 18.8. The van der Waals surface area contributed by atoms with Gasteiger partial charge in [-0.05, 0) is 57.0 Å². The smallest absolute Gasteiger partial charge is 0.235 e. The van der Waals surface area contributed by atoms with E-state index in [-0.39, 0.29) is 18.4 Å². The molecule has 0 heterocycles. The number of carbonyl (C=O) groups excluding carboxylic acids is 5. The Bertz CT molecular complexity index is 1160. The first-order valence-electron chi connectivity index (χ1n) is 10.9. The van der Waals surface area contributed by atoms with Crippen molar-refractivity contribution in [3.63, 3.8) is 0 Å². The molecular weight excluding hydrogens is 446 g/mol. The summed E-state index contributed by atoms with van der Waals surface area (Å²) in [4.78, 5) is 77.9. The van der Waals surface area contributed by atoms with Gasteiger partial charge in [-0.3, -0.25) is 28.9 Å². The van der Waals surface area contributed by atoms with Crippen LogP contribution in [-0.4, -0.2) is 69.9 Å². The second kappa shape index (κ2) is 7.88. The molecule has 3 unspecified atom stereocenters. The fourth-order valence-electron chi connectivity index (χ4n) is 6.08. The lowest BCUT2D eigenvalue weighted by Crippen LogP contribution is -2.74. The van der Waals surface area contributed by atoms with Crippen molar-refractivity contribution in [2.75, 3.05) is 14.1 Å². The number of carbonyl (C=O) groups is 5. The van der Waals surface area contributed by atoms with Crippen molar-refractivity contribution in [1.82, 2.24) is 4.90 Å². The number of likely N-dealkylation sites (N-methyl/N-ethyl adjacent to an activating group) is 1. The maximum Gasteiger partial charge on any atom is 0.235 e. The number of ketones is 4. The number of primary amides is 1. The molecule has 4 N–H and O–H groups in total. The highest BCUT2D eigenvalue weighted by Crippen LogP contribution is 2.51. The summed E-state index contributed by atoms with van der Waals surface area (Å²) in [6.45, 7) is 1.53. The molecule has 11 heteroatoms. The van der Waals surface area contributed by atoms with Crippen molar-refractivity contribution in [3.05, 3.63) is 33.7 Å². The van der Waals surface area contributed by atoms with Crippen LogP contribution in [0.2, 0.25) is 0 Å². The van der Waals surface area contributed by atoms with Crippen molar-refractivity contribution in [2.24, 2.45) is 34.6 Å². The molecule has 2 saturated carbocycles. The van der Waals surface area contributed by atoms with Crippen molar-refractivity contribution in [2.45, 2.75) is 37.5 Å². The summed E-state index contributed by atoms with van der Waals surface area (Å²) < 4.78 is 0. The fourth-order valence-corrected chi connectivity index (χ4v) is 6.08. The van der Waals surface area contributed by atoms with Crippen molar-refractivity contribution in [1.29, 1.82) is 0 Å². The zero-order valence-corrected chi connectivity index (χ0v) is 18.8. The summed E-state index contributed by atoms with van der Waals surface area (Å²) in [5.41, 5.74) is 3.17. The van der Waals surface area contributed by atoms with E-state index >= 15 is 0 Å². The predicted molar refractivity (Wildman–Crippen MR) is 116 cm³/mol. The number of nitroso groups, excluding NO2 is 1. The highest BCUT2D eigenvalue weighted by Gasteiger charge is 2.69. The van der Waals surface area contributed by atoms with Crippen LogP contribution < -0.4 is 5.73 Å². The zero-order chi connectivity index (χ0) is 25.3. The third-order valence-electron chi connectivity index (χ3n) is 7.59. The average Bonchev–Trinajstić information content (AvgIpc) is 2.75. The predicted octanol–water partition coefficient (Wildman–Crippen LogP) is -0.306. The van der Waals surface area contributed by atoms with E-state index in [1.54, 1.807) is 0 Å². The molecule has 1 aromatic carbocycles. The van der Waals surface area contributed by atoms with Crippen LogP contribution in [0.5, 0.6) is 5.75 Å². The van der Waals surface area contributed by atoms with Crippen molar-refractivity contribution >= 4 is 29.0 Å². The Kier molecular flexibility index (Phi) is 5.52. The van der Waals surface area contributed by atoms with Gasteiger partial charge in [0.2, 0.25) is 5.91 Å². The van der Waals surface area contributed by atoms with Gasteiger partial charge in [-0.2, -0.15) is 4.91 Å². The number of nitrogens with two attached hydrogens (primary N) is 1. The highest BCUT2D eigenvalue weighted by molar-refractivity contribution is 6.32. The number of benzene rings is 1. The lowest BCUT2D eigenvalue weighted by Gasteiger charge is -2.52. The van der Waals surface area contributed by atoms with Gasteiger partial charge < -0.3 is 15.9 Å². The van der Waals surface area contributed by atoms with E-state index in [1.807, 2.05) is 0 Å². The number of hydrogen-bond acceptors (Lipinski definition) is 10. The fraction of sp³-hybridized carbons (Fsp3) is 0.522. The molecule has 0 bridgehead atoms. The van der Waals surface area contributed by atoms with Crippen LogP contribution in [0.1, 0.15) is 40.9 Å². The maximum absolute atomic E-state index is 13.7. The molecule has 11 nitrogen and oxygen atoms in total. The van der Waals surface area contributed by atoms with Gasteiger partial charge in [0.1, 0.15) is 11.8 Å². The number of amides is 1. The van der Waals surface area contributed by atoms with Gasteiger partial charge in [0.15, 0.2) is 34.7 Å². The minimum absolute atomic E-state index is 0.0537. The molecule has 4 rings (SSSR count). The molecule has 1 amide bonds. The summed E-state index contributed by atoms with van der Waals surface area (Å²) in [6, 6.07) is 0.733. The molecule has 1 aromatic rings. The van der Waals surface area contributed by atoms with Gasteiger partial charge in [-0.15, -0.1) is 0 Å². The summed E-state index contributed by atoms with van der Waals surface area (Å²) in [5.74, 6) is -11.1. The summed E-state index contributed by atoms with van der Waals surface area (Å²) in [5, 5.41) is 24.9. The SMILES string of the molecule is CC(N=O)c1ccc(O)c2c1C[C@H]1C[C@H]3[C@H](N(C)C)C(=O)C(C(N)=O)C(=O)[C@@]3(O)C(=O)C1C2=O. The molecule has 0 saturated heterocycles. The van der Waals surface area contributed by atoms with E-state index in [0.717, 1.165) is 0 Å². The van der Waals surface area contributed by atoms with Gasteiger partial charge in [-0.1, -0.05) is 11.2 Å². The maximum atomic E-state index is 13.7. The standard InChI is InChI=1S/C23H25N3O8/c1-8(25-34)10-4-5-13(27)15-11(10)6-9-7-12-17(26(2)3)19(29)16(22(24)32)21(31)23(12,33)20(30)14(9)18(15)28/h4-5,8-9,12,14,16-17,27,33H,6-7H2,1-3H3,(H2,24,32)/t8?,9-,12-,14?,16?,17-,23-/m0/s1. The Balaban J connectivity index is 1.89. The van der Waals surface area contributed by atoms with Gasteiger partial charge in [-0.25, -0.2) is 0 Å². The van der Waals surface area contributed by atoms with E-state index in [1.165, 1.54) is 38.1 Å². The molecule has 180 valence electrons. The van der Waals surface area contributed by atoms with Crippen LogP contribution in [0, 0.1) is 28.6 Å². The second-order valence-corrected chi connectivity index (χ2v) is 9.60. The van der Waals surface area contributed by atoms with Gasteiger partial charge in [0.05, 0.1) is 17.5 Å². The normalized spacial score (nSPS) is 33.7. The Labute approximate surface area is 194 Å². The summed E-state index contributed by atoms with van der Waals surface area (Å²) in [7, 11) is 3.03. The molecular formula is C23H25N3O8. The van der Waals surface area contributed by atoms with Crippen molar-refractivity contribution in [3.8, 4) is 5.75 Å². The number of fused-ring (bicyclic) bond motifs is 3. The third-order valence-corrected chi connectivity index (χ3v) is 7.59. The largest absolute Gasteiger partial charge is 0.507 e. The first-order valence-corrected chi connectivity index (χ1v) is 10.9. The molecule has 34 heavy (non-hydrogen) atoms. The Morgan fingerprint density at radius 1 is 1.21 bits per heavy atom. The van der Waals surface area contributed by atoms with Crippen LogP contribution in [-0.2, 0) is 25.6 Å². The lowest BCUT2D eigenvalue weighted by atomic mass is 9.52. The number of phenols is 1. The van der Waals surface area contributed by atoms with Gasteiger partial charge in [0, 0.05) is 5.92 Å². The molecule has 0 aliphatic heterocycles. The average molecular weight is 471 g/mol. The quantitative estimate of drug-likeness (QED) is 0.391. The molecule has 3 aliphatic carbocycles. The third kappa shape index (κ3) is 3.00. The van der Waals surface area contributed by atoms with Crippen LogP contribution in [0.3, 0.4) is 0 Å². The number of aromatic hydroxyl groups is 1. The van der Waals surface area contributed by atoms with Gasteiger partial charge in [0.25, 0.3) is 0 Å². The molecule has 0 spiro atoms. The van der Waals surface area contributed by atoms with Crippen molar-refractivity contribution < 1.29 is 34.2 Å². The monoisotopic (exact) mass is 471 g/mol. The minimum Gasteiger partial charge on any atom is -0.507 e. The molecule has 0 radical (unpaired) electrons. The van der Waals surface area contributed by atoms with E-state index < -0.39 is 76.1 Å². The number of rotatable bonds is 4. The minimum atomic E-state index is -2.76.